The number of nitrogens with one attached hydrogen (secondary N) is 2. The first kappa shape index (κ1) is 40.9. The Labute approximate surface area is 290 Å². The van der Waals surface area contributed by atoms with Gasteiger partial charge in [-0.25, -0.2) is 9.59 Å². The van der Waals surface area contributed by atoms with Crippen molar-refractivity contribution in [2.75, 3.05) is 27.2 Å². The lowest BCUT2D eigenvalue weighted by Crippen LogP contribution is -2.46. The summed E-state index contributed by atoms with van der Waals surface area (Å²) in [7, 11) is 3.18. The Morgan fingerprint density at radius 2 is 1.61 bits per heavy atom. The van der Waals surface area contributed by atoms with Crippen LogP contribution in [0.4, 0.5) is 9.59 Å². The number of ether oxygens (including phenoxy) is 1. The summed E-state index contributed by atoms with van der Waals surface area (Å²) in [5.41, 5.74) is 6.64. The monoisotopic (exact) mass is 685 g/mol. The van der Waals surface area contributed by atoms with Crippen LogP contribution < -0.4 is 16.4 Å². The molecule has 1 aliphatic heterocycles. The van der Waals surface area contributed by atoms with Gasteiger partial charge in [0.1, 0.15) is 12.4 Å². The Balaban J connectivity index is 1.94. The maximum absolute atomic E-state index is 13.5. The molecule has 0 aliphatic carbocycles. The number of likely N-dealkylation sites (tertiary alicyclic amines) is 1. The quantitative estimate of drug-likeness (QED) is 0.129. The van der Waals surface area contributed by atoms with Crippen LogP contribution in [0.1, 0.15) is 90.2 Å². The van der Waals surface area contributed by atoms with E-state index in [1.807, 2.05) is 27.7 Å². The van der Waals surface area contributed by atoms with Crippen LogP contribution in [-0.4, -0.2) is 84.4 Å². The minimum Gasteiger partial charge on any atom is -0.445 e. The number of amides is 6. The van der Waals surface area contributed by atoms with E-state index in [0.29, 0.717) is 32.2 Å². The first-order valence-corrected chi connectivity index (χ1v) is 17.2. The molecule has 0 spiro atoms. The van der Waals surface area contributed by atoms with Gasteiger partial charge in [-0.2, -0.15) is 0 Å². The van der Waals surface area contributed by atoms with Crippen LogP contribution in [0, 0.1) is 23.7 Å². The van der Waals surface area contributed by atoms with Crippen molar-refractivity contribution in [2.45, 2.75) is 98.1 Å². The highest BCUT2D eigenvalue weighted by atomic mass is 16.6. The summed E-state index contributed by atoms with van der Waals surface area (Å²) in [6.07, 6.45) is 2.69. The molecule has 0 aromatic heterocycles. The van der Waals surface area contributed by atoms with E-state index in [9.17, 15) is 33.6 Å². The van der Waals surface area contributed by atoms with Gasteiger partial charge in [-0.3, -0.25) is 28.9 Å². The van der Waals surface area contributed by atoms with E-state index in [1.54, 1.807) is 38.4 Å². The Kier molecular flexibility index (Phi) is 16.9. The molecule has 272 valence electrons. The van der Waals surface area contributed by atoms with Crippen LogP contribution in [0.25, 0.3) is 0 Å². The van der Waals surface area contributed by atoms with E-state index in [1.165, 1.54) is 9.80 Å². The van der Waals surface area contributed by atoms with E-state index in [4.69, 9.17) is 10.5 Å². The predicted molar refractivity (Wildman–Crippen MR) is 184 cm³/mol. The third-order valence-electron chi connectivity index (χ3n) is 8.81. The second-order valence-electron chi connectivity index (χ2n) is 13.7. The van der Waals surface area contributed by atoms with Crippen molar-refractivity contribution >= 4 is 41.4 Å². The van der Waals surface area contributed by atoms with Gasteiger partial charge in [0.05, 0.1) is 6.04 Å². The van der Waals surface area contributed by atoms with Crippen LogP contribution in [0.2, 0.25) is 0 Å². The first-order valence-electron chi connectivity index (χ1n) is 17.2. The van der Waals surface area contributed by atoms with Gasteiger partial charge in [-0.05, 0) is 48.6 Å². The van der Waals surface area contributed by atoms with Gasteiger partial charge in [0, 0.05) is 64.7 Å². The minimum atomic E-state index is -0.842. The molecule has 4 N–H and O–H groups in total. The highest BCUT2D eigenvalue weighted by Crippen LogP contribution is 2.27. The lowest BCUT2D eigenvalue weighted by molar-refractivity contribution is -0.140. The fraction of sp³-hybridized carbons (Fsp3) is 0.639. The standard InChI is InChI=1S/C36H55N5O8/c1-23(2)28(20-27(42)11-8-7-9-18-41-32(44)21-29(24(3)4)34(41)46)33(45)39-30(12-10-17-38-35(37)47)31(43)19-25-13-15-26(16-14-25)22-49-36(48)40(5)6/h13-16,23-24,28-30H,7-12,17-22H2,1-6H3,(H,39,45)(H3,37,38,47)/t28-,29?,30-/m0/s1. The average molecular weight is 686 g/mol. The van der Waals surface area contributed by atoms with E-state index < -0.39 is 24.1 Å². The maximum atomic E-state index is 13.5. The van der Waals surface area contributed by atoms with E-state index in [2.05, 4.69) is 10.6 Å². The largest absolute Gasteiger partial charge is 0.445 e. The smallest absolute Gasteiger partial charge is 0.409 e. The molecule has 1 saturated heterocycles. The zero-order chi connectivity index (χ0) is 36.7. The maximum Gasteiger partial charge on any atom is 0.409 e. The van der Waals surface area contributed by atoms with Crippen molar-refractivity contribution in [2.24, 2.45) is 29.4 Å². The molecule has 1 aromatic rings. The molecule has 1 fully saturated rings. The number of imide groups is 1. The minimum absolute atomic E-state index is 0.0344. The second kappa shape index (κ2) is 20.3. The van der Waals surface area contributed by atoms with Gasteiger partial charge in [0.2, 0.25) is 17.7 Å². The Morgan fingerprint density at radius 3 is 2.18 bits per heavy atom. The van der Waals surface area contributed by atoms with Crippen LogP contribution in [-0.2, 0) is 41.7 Å². The number of benzene rings is 1. The summed E-state index contributed by atoms with van der Waals surface area (Å²) >= 11 is 0. The van der Waals surface area contributed by atoms with Crippen LogP contribution in [0.15, 0.2) is 24.3 Å². The van der Waals surface area contributed by atoms with Crippen molar-refractivity contribution in [3.63, 3.8) is 0 Å². The molecule has 2 rings (SSSR count). The molecule has 0 bridgehead atoms. The van der Waals surface area contributed by atoms with Gasteiger partial charge in [-0.1, -0.05) is 58.4 Å². The number of Topliss-reactive ketones (excluding diaryl/α,β-unsaturated/α-hetero) is 2. The summed E-state index contributed by atoms with van der Waals surface area (Å²) in [6.45, 7) is 8.27. The van der Waals surface area contributed by atoms with Gasteiger partial charge in [-0.15, -0.1) is 0 Å². The van der Waals surface area contributed by atoms with Gasteiger partial charge < -0.3 is 26.0 Å². The Morgan fingerprint density at radius 1 is 0.959 bits per heavy atom. The van der Waals surface area contributed by atoms with Crippen molar-refractivity contribution in [1.82, 2.24) is 20.4 Å². The number of carbonyl (C=O) groups excluding carboxylic acids is 7. The van der Waals surface area contributed by atoms with E-state index >= 15 is 0 Å². The molecule has 1 aliphatic rings. The normalized spacial score (nSPS) is 15.7. The van der Waals surface area contributed by atoms with Crippen LogP contribution in [0.3, 0.4) is 0 Å². The Bertz CT molecular complexity index is 1310. The number of urea groups is 1. The molecule has 1 heterocycles. The highest BCUT2D eigenvalue weighted by Gasteiger charge is 2.39. The summed E-state index contributed by atoms with van der Waals surface area (Å²) in [4.78, 5) is 90.1. The topological polar surface area (TPSA) is 185 Å². The van der Waals surface area contributed by atoms with Gasteiger partial charge in [0.25, 0.3) is 0 Å². The van der Waals surface area contributed by atoms with Crippen molar-refractivity contribution in [3.8, 4) is 0 Å². The van der Waals surface area contributed by atoms with Gasteiger partial charge in [0.15, 0.2) is 5.78 Å². The van der Waals surface area contributed by atoms with Crippen LogP contribution in [0.5, 0.6) is 0 Å². The van der Waals surface area contributed by atoms with Crippen molar-refractivity contribution in [1.29, 1.82) is 0 Å². The molecule has 0 saturated carbocycles. The van der Waals surface area contributed by atoms with Gasteiger partial charge >= 0.3 is 12.1 Å². The number of nitrogens with two attached hydrogens (primary N) is 1. The predicted octanol–water partition coefficient (Wildman–Crippen LogP) is 3.75. The molecule has 49 heavy (non-hydrogen) atoms. The molecular formula is C36H55N5O8. The number of primary amides is 1. The van der Waals surface area contributed by atoms with Crippen molar-refractivity contribution < 1.29 is 38.3 Å². The zero-order valence-electron chi connectivity index (χ0n) is 29.9. The summed E-state index contributed by atoms with van der Waals surface area (Å²) < 4.78 is 5.19. The zero-order valence-corrected chi connectivity index (χ0v) is 29.9. The number of unbranched alkanes of at least 4 members (excludes halogenated alkanes) is 2. The van der Waals surface area contributed by atoms with E-state index in [0.717, 1.165) is 11.1 Å². The fourth-order valence-corrected chi connectivity index (χ4v) is 5.67. The number of hydrogen-bond acceptors (Lipinski definition) is 8. The number of rotatable bonds is 21. The molecular weight excluding hydrogens is 630 g/mol. The number of hydrogen-bond donors (Lipinski definition) is 3. The number of nitrogens with zero attached hydrogens (tertiary/aromatic N) is 2. The van der Waals surface area contributed by atoms with E-state index in [-0.39, 0.29) is 92.3 Å². The average Bonchev–Trinajstić information content (AvgIpc) is 3.32. The number of ketones is 2. The third kappa shape index (κ3) is 14.0. The summed E-state index contributed by atoms with van der Waals surface area (Å²) in [6, 6.07) is 5.55. The van der Waals surface area contributed by atoms with Crippen LogP contribution >= 0.6 is 0 Å². The second-order valence-corrected chi connectivity index (χ2v) is 13.7. The lowest BCUT2D eigenvalue weighted by atomic mass is 9.88. The number of carbonyl (C=O) groups is 7. The molecule has 13 heteroatoms. The highest BCUT2D eigenvalue weighted by molar-refractivity contribution is 6.03. The molecule has 0 radical (unpaired) electrons. The fourth-order valence-electron chi connectivity index (χ4n) is 5.67. The lowest BCUT2D eigenvalue weighted by Gasteiger charge is -2.24. The Hall–Kier alpha value is -4.29. The summed E-state index contributed by atoms with van der Waals surface area (Å²) in [5.74, 6) is -1.85. The first-order chi connectivity index (χ1) is 23.1. The molecule has 3 atom stereocenters. The molecule has 13 nitrogen and oxygen atoms in total. The summed E-state index contributed by atoms with van der Waals surface area (Å²) in [5, 5.41) is 5.37. The molecule has 6 amide bonds. The third-order valence-corrected chi connectivity index (χ3v) is 8.81. The SMILES string of the molecule is CC(C)C1CC(=O)N(CCCCCC(=O)C[C@H](C(=O)N[C@@H](CCCNC(N)=O)C(=O)Cc2ccc(COC(=O)N(C)C)cc2)C(C)C)C1=O. The van der Waals surface area contributed by atoms with Crippen molar-refractivity contribution in [3.05, 3.63) is 35.4 Å². The molecule has 1 aromatic carbocycles. The molecule has 1 unspecified atom stereocenters.